The Kier molecular flexibility index (Phi) is 4.94. The number of amides is 2. The van der Waals surface area contributed by atoms with Crippen LogP contribution in [0, 0.1) is 11.6 Å². The molecule has 4 rings (SSSR count). The topological polar surface area (TPSA) is 47.6 Å². The van der Waals surface area contributed by atoms with Gasteiger partial charge < -0.3 is 15.5 Å². The lowest BCUT2D eigenvalue weighted by atomic mass is 10.1. The Balaban J connectivity index is 1.57. The molecule has 1 unspecified atom stereocenters. The predicted molar refractivity (Wildman–Crippen MR) is 102 cm³/mol. The van der Waals surface area contributed by atoms with Crippen molar-refractivity contribution in [2.24, 2.45) is 0 Å². The third-order valence-corrected chi connectivity index (χ3v) is 5.11. The molecule has 142 valence electrons. The van der Waals surface area contributed by atoms with Crippen molar-refractivity contribution in [3.05, 3.63) is 54.1 Å². The molecule has 1 saturated heterocycles. The summed E-state index contributed by atoms with van der Waals surface area (Å²) in [6, 6.07) is 10.6. The normalized spacial score (nSPS) is 19.1. The highest BCUT2D eigenvalue weighted by Crippen LogP contribution is 2.38. The van der Waals surface area contributed by atoms with Gasteiger partial charge in [0.25, 0.3) is 0 Å². The molecule has 0 saturated carbocycles. The monoisotopic (exact) mass is 372 g/mol. The Labute approximate surface area is 157 Å². The number of nitrogens with one attached hydrogen (secondary N) is 2. The van der Waals surface area contributed by atoms with Crippen LogP contribution in [0.3, 0.4) is 0 Å². The first kappa shape index (κ1) is 17.7. The molecule has 0 aliphatic carbocycles. The van der Waals surface area contributed by atoms with E-state index in [0.29, 0.717) is 37.1 Å². The van der Waals surface area contributed by atoms with Crippen LogP contribution in [0.2, 0.25) is 0 Å². The van der Waals surface area contributed by atoms with Crippen molar-refractivity contribution in [3.63, 3.8) is 0 Å². The van der Waals surface area contributed by atoms with Gasteiger partial charge in [-0.1, -0.05) is 0 Å². The van der Waals surface area contributed by atoms with Crippen LogP contribution in [0.25, 0.3) is 0 Å². The highest BCUT2D eigenvalue weighted by Gasteiger charge is 2.28. The van der Waals surface area contributed by atoms with Gasteiger partial charge in [-0.25, -0.2) is 13.6 Å². The van der Waals surface area contributed by atoms with E-state index in [-0.39, 0.29) is 17.7 Å². The highest BCUT2D eigenvalue weighted by atomic mass is 19.1. The zero-order valence-electron chi connectivity index (χ0n) is 14.9. The summed E-state index contributed by atoms with van der Waals surface area (Å²) in [5.74, 6) is -0.699. The van der Waals surface area contributed by atoms with E-state index in [1.807, 2.05) is 4.90 Å². The summed E-state index contributed by atoms with van der Waals surface area (Å²) in [5, 5.41) is 6.33. The van der Waals surface area contributed by atoms with Crippen molar-refractivity contribution >= 4 is 23.1 Å². The number of anilines is 3. The van der Waals surface area contributed by atoms with Crippen LogP contribution in [0.5, 0.6) is 0 Å². The van der Waals surface area contributed by atoms with E-state index >= 15 is 0 Å². The minimum Gasteiger partial charge on any atom is -0.338 e. The van der Waals surface area contributed by atoms with Gasteiger partial charge in [0.15, 0.2) is 0 Å². The zero-order chi connectivity index (χ0) is 18.8. The van der Waals surface area contributed by atoms with Gasteiger partial charge in [-0.2, -0.15) is 0 Å². The number of hydrogen-bond donors (Lipinski definition) is 2. The fraction of sp³-hybridized carbons (Fsp3) is 0.350. The molecule has 2 aliphatic heterocycles. The second-order valence-electron chi connectivity index (χ2n) is 6.89. The second-order valence-corrected chi connectivity index (χ2v) is 6.89. The van der Waals surface area contributed by atoms with Gasteiger partial charge >= 0.3 is 6.03 Å². The molecule has 2 aromatic rings. The van der Waals surface area contributed by atoms with Crippen LogP contribution in [-0.4, -0.2) is 38.3 Å². The molecule has 2 aromatic carbocycles. The quantitative estimate of drug-likeness (QED) is 0.868. The largest absolute Gasteiger partial charge is 0.338 e. The fourth-order valence-corrected chi connectivity index (χ4v) is 3.72. The molecule has 1 atom stereocenters. The smallest absolute Gasteiger partial charge is 0.322 e. The van der Waals surface area contributed by atoms with Gasteiger partial charge in [-0.15, -0.1) is 0 Å². The van der Waals surface area contributed by atoms with E-state index in [1.54, 1.807) is 23.1 Å². The maximum atomic E-state index is 13.9. The van der Waals surface area contributed by atoms with Gasteiger partial charge in [0.2, 0.25) is 0 Å². The van der Waals surface area contributed by atoms with Crippen LogP contribution in [0.15, 0.2) is 42.5 Å². The van der Waals surface area contributed by atoms with Crippen LogP contribution < -0.4 is 20.4 Å². The zero-order valence-corrected chi connectivity index (χ0v) is 14.9. The molecule has 27 heavy (non-hydrogen) atoms. The Hall–Kier alpha value is -2.67. The first-order chi connectivity index (χ1) is 13.1. The number of hydrogen-bond acceptors (Lipinski definition) is 3. The molecule has 2 heterocycles. The van der Waals surface area contributed by atoms with Gasteiger partial charge in [0, 0.05) is 31.4 Å². The maximum Gasteiger partial charge on any atom is 0.322 e. The minimum absolute atomic E-state index is 0.185. The number of nitrogens with zero attached hydrogens (tertiary/aromatic N) is 2. The van der Waals surface area contributed by atoms with Crippen molar-refractivity contribution in [1.82, 2.24) is 10.6 Å². The third kappa shape index (κ3) is 3.73. The maximum absolute atomic E-state index is 13.9. The molecule has 0 spiro atoms. The highest BCUT2D eigenvalue weighted by molar-refractivity contribution is 5.98. The lowest BCUT2D eigenvalue weighted by Gasteiger charge is -2.37. The first-order valence-corrected chi connectivity index (χ1v) is 9.23. The Morgan fingerprint density at radius 1 is 1.07 bits per heavy atom. The minimum atomic E-state index is -0.377. The van der Waals surface area contributed by atoms with Crippen LogP contribution in [0.4, 0.5) is 30.6 Å². The van der Waals surface area contributed by atoms with Crippen molar-refractivity contribution in [1.29, 1.82) is 0 Å². The number of carbonyl (C=O) groups is 1. The lowest BCUT2D eigenvalue weighted by Crippen LogP contribution is -2.49. The number of halogens is 2. The number of urea groups is 1. The lowest BCUT2D eigenvalue weighted by molar-refractivity contribution is 0.245. The molecule has 2 aliphatic rings. The van der Waals surface area contributed by atoms with E-state index in [2.05, 4.69) is 10.6 Å². The summed E-state index contributed by atoms with van der Waals surface area (Å²) < 4.78 is 27.2. The average molecular weight is 372 g/mol. The van der Waals surface area contributed by atoms with E-state index < -0.39 is 0 Å². The first-order valence-electron chi connectivity index (χ1n) is 9.23. The number of fused-ring (bicyclic) bond motifs is 1. The number of carbonyl (C=O) groups excluding carboxylic acids is 1. The SMILES string of the molecule is O=C(NCC1CCCN1)N1CCN(c2ccc(F)cc2)c2cc(F)ccc21. The average Bonchev–Trinajstić information content (AvgIpc) is 3.19. The molecule has 2 amide bonds. The van der Waals surface area contributed by atoms with E-state index in [9.17, 15) is 13.6 Å². The molecule has 0 bridgehead atoms. The molecular formula is C20H22F2N4O. The van der Waals surface area contributed by atoms with E-state index in [0.717, 1.165) is 25.1 Å². The van der Waals surface area contributed by atoms with Crippen molar-refractivity contribution in [3.8, 4) is 0 Å². The van der Waals surface area contributed by atoms with E-state index in [1.165, 1.54) is 24.3 Å². The van der Waals surface area contributed by atoms with Gasteiger partial charge in [0.1, 0.15) is 11.6 Å². The molecular weight excluding hydrogens is 350 g/mol. The molecule has 5 nitrogen and oxygen atoms in total. The summed E-state index contributed by atoms with van der Waals surface area (Å²) >= 11 is 0. The number of benzene rings is 2. The fourth-order valence-electron chi connectivity index (χ4n) is 3.72. The Morgan fingerprint density at radius 2 is 1.85 bits per heavy atom. The number of rotatable bonds is 3. The molecule has 0 radical (unpaired) electrons. The Morgan fingerprint density at radius 3 is 2.59 bits per heavy atom. The summed E-state index contributed by atoms with van der Waals surface area (Å²) in [7, 11) is 0. The molecule has 1 fully saturated rings. The standard InChI is InChI=1S/C20H22F2N4O/c21-14-3-6-17(7-4-14)25-10-11-26(18-8-5-15(22)12-19(18)25)20(27)24-13-16-2-1-9-23-16/h3-8,12,16,23H,1-2,9-11,13H2,(H,24,27). The summed E-state index contributed by atoms with van der Waals surface area (Å²) in [6.07, 6.45) is 2.18. The van der Waals surface area contributed by atoms with Gasteiger partial charge in [-0.05, 0) is 61.9 Å². The van der Waals surface area contributed by atoms with E-state index in [4.69, 9.17) is 0 Å². The van der Waals surface area contributed by atoms with Gasteiger partial charge in [-0.3, -0.25) is 4.90 Å². The van der Waals surface area contributed by atoms with Crippen molar-refractivity contribution in [2.75, 3.05) is 36.0 Å². The Bertz CT molecular complexity index is 821. The summed E-state index contributed by atoms with van der Waals surface area (Å²) in [6.45, 7) is 2.52. The van der Waals surface area contributed by atoms with Crippen molar-refractivity contribution < 1.29 is 13.6 Å². The molecule has 0 aromatic heterocycles. The molecule has 2 N–H and O–H groups in total. The van der Waals surface area contributed by atoms with Crippen LogP contribution in [-0.2, 0) is 0 Å². The van der Waals surface area contributed by atoms with Crippen LogP contribution in [0.1, 0.15) is 12.8 Å². The summed E-state index contributed by atoms with van der Waals surface area (Å²) in [4.78, 5) is 16.3. The molecule has 7 heteroatoms. The van der Waals surface area contributed by atoms with Crippen LogP contribution >= 0.6 is 0 Å². The third-order valence-electron chi connectivity index (χ3n) is 5.11. The second kappa shape index (κ2) is 7.52. The van der Waals surface area contributed by atoms with Crippen molar-refractivity contribution in [2.45, 2.75) is 18.9 Å². The summed E-state index contributed by atoms with van der Waals surface area (Å²) in [5.41, 5.74) is 2.00. The predicted octanol–water partition coefficient (Wildman–Crippen LogP) is 3.38. The van der Waals surface area contributed by atoms with Gasteiger partial charge in [0.05, 0.1) is 11.4 Å².